The second-order valence-corrected chi connectivity index (χ2v) is 8.99. The molecule has 2 aliphatic heterocycles. The lowest BCUT2D eigenvalue weighted by Crippen LogP contribution is -2.56. The third-order valence-corrected chi connectivity index (χ3v) is 6.86. The van der Waals surface area contributed by atoms with Crippen molar-refractivity contribution in [3.63, 3.8) is 0 Å². The van der Waals surface area contributed by atoms with E-state index in [0.29, 0.717) is 17.5 Å². The first-order valence-electron chi connectivity index (χ1n) is 11.9. The SMILES string of the molecule is c1cn2cc(-c3ccc4[nH]cnc4n3)nc(Nc3ccc(N4CCN(C5COC5)CC4)cc3)c2n1. The Kier molecular flexibility index (Phi) is 4.85. The molecule has 0 unspecified atom stereocenters. The third-order valence-electron chi connectivity index (χ3n) is 6.86. The van der Waals surface area contributed by atoms with Crippen molar-refractivity contribution in [2.75, 3.05) is 49.6 Å². The van der Waals surface area contributed by atoms with Gasteiger partial charge in [0.2, 0.25) is 0 Å². The normalized spacial score (nSPS) is 17.2. The van der Waals surface area contributed by atoms with Crippen molar-refractivity contribution in [2.24, 2.45) is 0 Å². The Hall–Kier alpha value is -4.02. The van der Waals surface area contributed by atoms with E-state index in [4.69, 9.17) is 9.72 Å². The minimum Gasteiger partial charge on any atom is -0.378 e. The number of nitrogens with one attached hydrogen (secondary N) is 2. The van der Waals surface area contributed by atoms with Gasteiger partial charge in [0, 0.05) is 56.1 Å². The van der Waals surface area contributed by atoms with Gasteiger partial charge in [-0.15, -0.1) is 0 Å². The van der Waals surface area contributed by atoms with Crippen LogP contribution in [0.25, 0.3) is 28.2 Å². The van der Waals surface area contributed by atoms with Gasteiger partial charge in [0.15, 0.2) is 17.1 Å². The molecule has 6 heterocycles. The van der Waals surface area contributed by atoms with Gasteiger partial charge in [0.05, 0.1) is 36.8 Å². The van der Waals surface area contributed by atoms with Crippen LogP contribution in [0.2, 0.25) is 0 Å². The molecule has 0 atom stereocenters. The summed E-state index contributed by atoms with van der Waals surface area (Å²) < 4.78 is 7.31. The molecule has 10 nitrogen and oxygen atoms in total. The second-order valence-electron chi connectivity index (χ2n) is 8.99. The van der Waals surface area contributed by atoms with E-state index < -0.39 is 0 Å². The molecule has 0 saturated carbocycles. The van der Waals surface area contributed by atoms with E-state index in [1.54, 1.807) is 12.5 Å². The molecule has 0 bridgehead atoms. The van der Waals surface area contributed by atoms with Crippen molar-refractivity contribution in [3.05, 3.63) is 61.3 Å². The van der Waals surface area contributed by atoms with E-state index in [-0.39, 0.29) is 0 Å². The number of aromatic amines is 1. The monoisotopic (exact) mass is 467 g/mol. The zero-order chi connectivity index (χ0) is 23.2. The topological polar surface area (TPSA) is 99.5 Å². The molecule has 0 spiro atoms. The van der Waals surface area contributed by atoms with Crippen LogP contribution in [0.15, 0.2) is 61.3 Å². The Labute approximate surface area is 201 Å². The molecular weight excluding hydrogens is 442 g/mol. The van der Waals surface area contributed by atoms with Gasteiger partial charge in [-0.2, -0.15) is 0 Å². The van der Waals surface area contributed by atoms with Gasteiger partial charge in [-0.25, -0.2) is 19.9 Å². The average molecular weight is 468 g/mol. The largest absolute Gasteiger partial charge is 0.378 e. The van der Waals surface area contributed by atoms with Crippen molar-refractivity contribution in [2.45, 2.75) is 6.04 Å². The number of pyridine rings is 1. The predicted molar refractivity (Wildman–Crippen MR) is 134 cm³/mol. The van der Waals surface area contributed by atoms with E-state index in [1.807, 2.05) is 28.9 Å². The molecule has 0 radical (unpaired) electrons. The summed E-state index contributed by atoms with van der Waals surface area (Å²) in [5.41, 5.74) is 6.03. The third kappa shape index (κ3) is 3.76. The van der Waals surface area contributed by atoms with Crippen LogP contribution in [0.3, 0.4) is 0 Å². The standard InChI is InChI=1S/C25H25N9O/c1-3-18(32-9-11-33(12-10-32)19-14-35-15-19)4-2-17(1)29-24-25-26-7-8-34(25)13-22(31-24)20-5-6-21-23(30-20)28-16-27-21/h1-8,13,16,19H,9-12,14-15H2,(H,29,31)(H,27,28,30). The number of ether oxygens (including phenoxy) is 1. The van der Waals surface area contributed by atoms with Crippen LogP contribution in [0.4, 0.5) is 17.2 Å². The number of hydrogen-bond donors (Lipinski definition) is 2. The minimum atomic E-state index is 0.614. The van der Waals surface area contributed by atoms with Gasteiger partial charge in [-0.05, 0) is 36.4 Å². The maximum atomic E-state index is 5.35. The fraction of sp³-hybridized carbons (Fsp3) is 0.280. The molecule has 0 aliphatic carbocycles. The number of imidazole rings is 2. The number of fused-ring (bicyclic) bond motifs is 2. The number of rotatable bonds is 5. The number of anilines is 3. The van der Waals surface area contributed by atoms with Crippen molar-refractivity contribution in [1.29, 1.82) is 0 Å². The first kappa shape index (κ1) is 20.4. The van der Waals surface area contributed by atoms with Gasteiger partial charge in [-0.1, -0.05) is 0 Å². The molecule has 2 fully saturated rings. The summed E-state index contributed by atoms with van der Waals surface area (Å²) in [6.07, 6.45) is 7.27. The molecule has 2 saturated heterocycles. The fourth-order valence-corrected chi connectivity index (χ4v) is 4.78. The van der Waals surface area contributed by atoms with Crippen LogP contribution in [-0.4, -0.2) is 79.7 Å². The zero-order valence-electron chi connectivity index (χ0n) is 19.1. The summed E-state index contributed by atoms with van der Waals surface area (Å²) in [6.45, 7) is 6.01. The molecule has 2 aliphatic rings. The lowest BCUT2D eigenvalue weighted by atomic mass is 10.1. The predicted octanol–water partition coefficient (Wildman–Crippen LogP) is 2.93. The van der Waals surface area contributed by atoms with Crippen molar-refractivity contribution >= 4 is 34.0 Å². The fourth-order valence-electron chi connectivity index (χ4n) is 4.78. The Morgan fingerprint density at radius 3 is 2.57 bits per heavy atom. The Morgan fingerprint density at radius 2 is 1.77 bits per heavy atom. The molecule has 2 N–H and O–H groups in total. The molecule has 10 heteroatoms. The highest BCUT2D eigenvalue weighted by molar-refractivity contribution is 5.76. The Balaban J connectivity index is 1.12. The van der Waals surface area contributed by atoms with Crippen molar-refractivity contribution in [1.82, 2.24) is 34.2 Å². The number of piperazine rings is 1. The van der Waals surface area contributed by atoms with Gasteiger partial charge < -0.3 is 24.3 Å². The minimum absolute atomic E-state index is 0.614. The molecular formula is C25H25N9O. The summed E-state index contributed by atoms with van der Waals surface area (Å²) >= 11 is 0. The van der Waals surface area contributed by atoms with Gasteiger partial charge in [-0.3, -0.25) is 4.90 Å². The first-order valence-corrected chi connectivity index (χ1v) is 11.9. The van der Waals surface area contributed by atoms with Crippen LogP contribution in [-0.2, 0) is 4.74 Å². The highest BCUT2D eigenvalue weighted by Gasteiger charge is 2.28. The Bertz CT molecular complexity index is 1480. The molecule has 4 aromatic heterocycles. The van der Waals surface area contributed by atoms with E-state index in [2.05, 4.69) is 59.3 Å². The van der Waals surface area contributed by atoms with Gasteiger partial charge >= 0.3 is 0 Å². The summed E-state index contributed by atoms with van der Waals surface area (Å²) in [7, 11) is 0. The number of hydrogen-bond acceptors (Lipinski definition) is 8. The molecule has 176 valence electrons. The van der Waals surface area contributed by atoms with Crippen molar-refractivity contribution in [3.8, 4) is 11.4 Å². The van der Waals surface area contributed by atoms with Gasteiger partial charge in [0.25, 0.3) is 0 Å². The van der Waals surface area contributed by atoms with Gasteiger partial charge in [0.1, 0.15) is 5.69 Å². The molecule has 0 amide bonds. The van der Waals surface area contributed by atoms with E-state index >= 15 is 0 Å². The lowest BCUT2D eigenvalue weighted by Gasteiger charge is -2.43. The summed E-state index contributed by atoms with van der Waals surface area (Å²) in [5, 5.41) is 3.46. The number of aromatic nitrogens is 6. The van der Waals surface area contributed by atoms with Crippen molar-refractivity contribution < 1.29 is 4.74 Å². The van der Waals surface area contributed by atoms with Crippen LogP contribution in [0, 0.1) is 0 Å². The second kappa shape index (κ2) is 8.33. The smallest absolute Gasteiger partial charge is 0.180 e. The number of benzene rings is 1. The Morgan fingerprint density at radius 1 is 0.914 bits per heavy atom. The van der Waals surface area contributed by atoms with Crippen LogP contribution in [0.1, 0.15) is 0 Å². The molecule has 5 aromatic rings. The maximum Gasteiger partial charge on any atom is 0.180 e. The van der Waals surface area contributed by atoms with Crippen LogP contribution in [0.5, 0.6) is 0 Å². The summed E-state index contributed by atoms with van der Waals surface area (Å²) in [6, 6.07) is 13.1. The maximum absolute atomic E-state index is 5.35. The quantitative estimate of drug-likeness (QED) is 0.407. The molecule has 35 heavy (non-hydrogen) atoms. The average Bonchev–Trinajstić information content (AvgIpc) is 3.53. The highest BCUT2D eigenvalue weighted by atomic mass is 16.5. The van der Waals surface area contributed by atoms with E-state index in [9.17, 15) is 0 Å². The lowest BCUT2D eigenvalue weighted by molar-refractivity contribution is -0.0660. The molecule has 1 aromatic carbocycles. The zero-order valence-corrected chi connectivity index (χ0v) is 19.1. The summed E-state index contributed by atoms with van der Waals surface area (Å²) in [4.78, 5) is 26.3. The van der Waals surface area contributed by atoms with Crippen LogP contribution < -0.4 is 10.2 Å². The summed E-state index contributed by atoms with van der Waals surface area (Å²) in [5.74, 6) is 0.681. The van der Waals surface area contributed by atoms with E-state index in [0.717, 1.165) is 67.6 Å². The highest BCUT2D eigenvalue weighted by Crippen LogP contribution is 2.26. The molecule has 7 rings (SSSR count). The van der Waals surface area contributed by atoms with E-state index in [1.165, 1.54) is 5.69 Å². The number of nitrogens with zero attached hydrogens (tertiary/aromatic N) is 7. The first-order chi connectivity index (χ1) is 17.3. The van der Waals surface area contributed by atoms with Crippen LogP contribution >= 0.6 is 0 Å². The number of H-pyrrole nitrogens is 1.